The first-order valence-electron chi connectivity index (χ1n) is 10.2. The maximum atomic E-state index is 11.6. The van der Waals surface area contributed by atoms with Crippen molar-refractivity contribution in [3.63, 3.8) is 0 Å². The Kier molecular flexibility index (Phi) is 18.1. The highest BCUT2D eigenvalue weighted by atomic mass is 31.2. The van der Waals surface area contributed by atoms with Crippen LogP contribution in [0.4, 0.5) is 0 Å². The summed E-state index contributed by atoms with van der Waals surface area (Å²) in [5.74, 6) is -0.850. The number of rotatable bonds is 21. The van der Waals surface area contributed by atoms with Crippen LogP contribution in [0.5, 0.6) is 0 Å². The molecule has 0 saturated carbocycles. The zero-order valence-electron chi connectivity index (χ0n) is 17.1. The molecule has 0 radical (unpaired) electrons. The number of quaternary nitrogens is 1. The van der Waals surface area contributed by atoms with E-state index in [0.29, 0.717) is 32.6 Å². The Labute approximate surface area is 168 Å². The standard InChI is InChI=1S/C18H38NO8P/c1-2-3-4-5-6-8-12-24-15-17(25-13-9-7-10-18(20)21)16-27-28(22,23)26-14-11-19/h17H,2-16,19H2,1H3,(H,20,21)(H,22,23). The maximum absolute atomic E-state index is 11.6. The van der Waals surface area contributed by atoms with Crippen molar-refractivity contribution < 1.29 is 43.6 Å². The Morgan fingerprint density at radius 1 is 1.00 bits per heavy atom. The Morgan fingerprint density at radius 2 is 1.68 bits per heavy atom. The highest BCUT2D eigenvalue weighted by Crippen LogP contribution is 2.38. The summed E-state index contributed by atoms with van der Waals surface area (Å²) in [6.45, 7) is 3.37. The van der Waals surface area contributed by atoms with Crippen LogP contribution in [0, 0.1) is 0 Å². The number of aliphatic carboxylic acids is 1. The van der Waals surface area contributed by atoms with E-state index < -0.39 is 19.9 Å². The third-order valence-electron chi connectivity index (χ3n) is 3.90. The number of phosphoric ester groups is 1. The van der Waals surface area contributed by atoms with Crippen molar-refractivity contribution in [2.24, 2.45) is 0 Å². The fraction of sp³-hybridized carbons (Fsp3) is 0.944. The molecule has 0 saturated heterocycles. The fourth-order valence-corrected chi connectivity index (χ4v) is 3.14. The summed E-state index contributed by atoms with van der Waals surface area (Å²) in [6, 6.07) is 0. The van der Waals surface area contributed by atoms with Crippen molar-refractivity contribution in [3.8, 4) is 0 Å². The fourth-order valence-electron chi connectivity index (χ4n) is 2.36. The van der Waals surface area contributed by atoms with Crippen molar-refractivity contribution in [2.75, 3.05) is 39.6 Å². The van der Waals surface area contributed by atoms with Crippen LogP contribution < -0.4 is 10.6 Å². The maximum Gasteiger partial charge on any atom is 0.303 e. The van der Waals surface area contributed by atoms with Crippen LogP contribution in [0.1, 0.15) is 64.7 Å². The van der Waals surface area contributed by atoms with E-state index in [4.69, 9.17) is 19.1 Å². The van der Waals surface area contributed by atoms with Crippen LogP contribution in [-0.2, 0) is 27.9 Å². The predicted octanol–water partition coefficient (Wildman–Crippen LogP) is 1.75. The topological polar surface area (TPSA) is 142 Å². The smallest absolute Gasteiger partial charge is 0.303 e. The normalized spacial score (nSPS) is 14.7. The van der Waals surface area contributed by atoms with Gasteiger partial charge in [-0.3, -0.25) is 9.36 Å². The predicted molar refractivity (Wildman–Crippen MR) is 103 cm³/mol. The number of carboxylic acid groups (broad SMARTS) is 1. The summed E-state index contributed by atoms with van der Waals surface area (Å²) >= 11 is 0. The van der Waals surface area contributed by atoms with Crippen LogP contribution in [0.2, 0.25) is 0 Å². The monoisotopic (exact) mass is 427 g/mol. The van der Waals surface area contributed by atoms with Crippen molar-refractivity contribution in [2.45, 2.75) is 70.8 Å². The molecule has 0 spiro atoms. The molecule has 2 atom stereocenters. The molecule has 0 aromatic rings. The van der Waals surface area contributed by atoms with Crippen molar-refractivity contribution in [1.29, 1.82) is 0 Å². The highest BCUT2D eigenvalue weighted by molar-refractivity contribution is 7.45. The largest absolute Gasteiger partial charge is 0.756 e. The van der Waals surface area contributed by atoms with Gasteiger partial charge in [-0.25, -0.2) is 0 Å². The lowest BCUT2D eigenvalue weighted by molar-refractivity contribution is -0.373. The van der Waals surface area contributed by atoms with Gasteiger partial charge in [-0.2, -0.15) is 0 Å². The van der Waals surface area contributed by atoms with Crippen molar-refractivity contribution >= 4 is 13.8 Å². The van der Waals surface area contributed by atoms with E-state index in [-0.39, 0.29) is 26.2 Å². The Hall–Kier alpha value is -0.540. The Morgan fingerprint density at radius 3 is 2.36 bits per heavy atom. The molecule has 0 aliphatic heterocycles. The molecule has 0 aromatic carbocycles. The van der Waals surface area contributed by atoms with Crippen molar-refractivity contribution in [3.05, 3.63) is 0 Å². The van der Waals surface area contributed by atoms with Gasteiger partial charge in [0.05, 0.1) is 19.8 Å². The van der Waals surface area contributed by atoms with E-state index in [0.717, 1.165) is 12.8 Å². The van der Waals surface area contributed by atoms with E-state index in [9.17, 15) is 14.3 Å². The average molecular weight is 427 g/mol. The molecular formula is C18H38NO8P. The molecule has 4 N–H and O–H groups in total. The van der Waals surface area contributed by atoms with Gasteiger partial charge in [-0.15, -0.1) is 0 Å². The quantitative estimate of drug-likeness (QED) is 0.208. The van der Waals surface area contributed by atoms with Crippen LogP contribution in [0.15, 0.2) is 0 Å². The molecule has 0 fully saturated rings. The van der Waals surface area contributed by atoms with Gasteiger partial charge in [0.15, 0.2) is 0 Å². The van der Waals surface area contributed by atoms with E-state index in [1.807, 2.05) is 0 Å². The van der Waals surface area contributed by atoms with Gasteiger partial charge in [-0.1, -0.05) is 39.0 Å². The van der Waals surface area contributed by atoms with E-state index >= 15 is 0 Å². The minimum atomic E-state index is -4.38. The second-order valence-electron chi connectivity index (χ2n) is 6.62. The summed E-state index contributed by atoms with van der Waals surface area (Å²) in [5, 5.41) is 8.64. The zero-order chi connectivity index (χ0) is 21.1. The second kappa shape index (κ2) is 18.5. The molecule has 10 heteroatoms. The minimum Gasteiger partial charge on any atom is -0.756 e. The SMILES string of the molecule is CCCCCCCCOCC(COP(=O)([O-])OCC[NH3+])OCCCCC(=O)O. The van der Waals surface area contributed by atoms with E-state index in [1.165, 1.54) is 25.7 Å². The van der Waals surface area contributed by atoms with Gasteiger partial charge in [0, 0.05) is 19.6 Å². The number of unbranched alkanes of at least 4 members (excludes halogenated alkanes) is 6. The van der Waals surface area contributed by atoms with Gasteiger partial charge in [0.2, 0.25) is 0 Å². The van der Waals surface area contributed by atoms with Crippen LogP contribution >= 0.6 is 7.82 Å². The second-order valence-corrected chi connectivity index (χ2v) is 8.03. The molecule has 0 aliphatic rings. The molecule has 0 aromatic heterocycles. The lowest BCUT2D eigenvalue weighted by Crippen LogP contribution is -2.52. The Bertz CT molecular complexity index is 424. The lowest BCUT2D eigenvalue weighted by atomic mass is 10.1. The summed E-state index contributed by atoms with van der Waals surface area (Å²) in [5.41, 5.74) is 3.51. The first-order chi connectivity index (χ1) is 13.4. The molecule has 2 unspecified atom stereocenters. The average Bonchev–Trinajstić information content (AvgIpc) is 2.65. The Balaban J connectivity index is 4.13. The van der Waals surface area contributed by atoms with Gasteiger partial charge in [0.1, 0.15) is 12.7 Å². The molecule has 0 bridgehead atoms. The highest BCUT2D eigenvalue weighted by Gasteiger charge is 2.16. The van der Waals surface area contributed by atoms with Gasteiger partial charge >= 0.3 is 5.97 Å². The molecule has 9 nitrogen and oxygen atoms in total. The summed E-state index contributed by atoms with van der Waals surface area (Å²) in [7, 11) is -4.38. The van der Waals surface area contributed by atoms with Crippen molar-refractivity contribution in [1.82, 2.24) is 0 Å². The van der Waals surface area contributed by atoms with E-state index in [2.05, 4.69) is 17.2 Å². The third kappa shape index (κ3) is 18.8. The molecule has 0 amide bonds. The first kappa shape index (κ1) is 27.5. The number of hydrogen-bond donors (Lipinski definition) is 2. The number of ether oxygens (including phenoxy) is 2. The van der Waals surface area contributed by atoms with Crippen LogP contribution in [0.3, 0.4) is 0 Å². The van der Waals surface area contributed by atoms with Gasteiger partial charge in [0.25, 0.3) is 7.82 Å². The molecule has 28 heavy (non-hydrogen) atoms. The molecule has 168 valence electrons. The first-order valence-corrected chi connectivity index (χ1v) is 11.7. The van der Waals surface area contributed by atoms with Crippen LogP contribution in [-0.4, -0.2) is 56.8 Å². The summed E-state index contributed by atoms with van der Waals surface area (Å²) in [4.78, 5) is 22.2. The molecular weight excluding hydrogens is 389 g/mol. The molecule has 0 rings (SSSR count). The molecule has 0 heterocycles. The summed E-state index contributed by atoms with van der Waals surface area (Å²) < 4.78 is 32.4. The number of hydrogen-bond acceptors (Lipinski definition) is 7. The van der Waals surface area contributed by atoms with Gasteiger partial charge < -0.3 is 34.3 Å². The number of phosphoric acid groups is 1. The van der Waals surface area contributed by atoms with Crippen LogP contribution in [0.25, 0.3) is 0 Å². The zero-order valence-corrected chi connectivity index (χ0v) is 18.0. The van der Waals surface area contributed by atoms with Gasteiger partial charge in [-0.05, 0) is 19.3 Å². The minimum absolute atomic E-state index is 0.0317. The van der Waals surface area contributed by atoms with E-state index in [1.54, 1.807) is 0 Å². The summed E-state index contributed by atoms with van der Waals surface area (Å²) in [6.07, 6.45) is 7.51. The number of carbonyl (C=O) groups is 1. The lowest BCUT2D eigenvalue weighted by Gasteiger charge is -2.25. The molecule has 0 aliphatic carbocycles. The third-order valence-corrected chi connectivity index (χ3v) is 4.86. The number of carboxylic acids is 1.